The lowest BCUT2D eigenvalue weighted by atomic mass is 9.89. The smallest absolute Gasteiger partial charge is 0.143 e. The number of aromatic nitrogens is 2. The molecule has 2 aliphatic rings. The molecule has 0 amide bonds. The monoisotopic (exact) mass is 349 g/mol. The molecule has 0 aliphatic carbocycles. The molecule has 0 fully saturated rings. The van der Waals surface area contributed by atoms with Gasteiger partial charge in [0.25, 0.3) is 0 Å². The van der Waals surface area contributed by atoms with Crippen LogP contribution in [-0.4, -0.2) is 26.3 Å². The number of nitrogens with one attached hydrogen (secondary N) is 1. The van der Waals surface area contributed by atoms with E-state index in [1.54, 1.807) is 0 Å². The van der Waals surface area contributed by atoms with Crippen molar-refractivity contribution >= 4 is 17.1 Å². The SMILES string of the molecule is CCC(CC)C1=CC(C)=NN2C(c3c(C)nc4ccccn34)=C(C)NC12. The predicted molar refractivity (Wildman–Crippen MR) is 107 cm³/mol. The topological polar surface area (TPSA) is 44.9 Å². The molecule has 0 aromatic carbocycles. The fourth-order valence-electron chi connectivity index (χ4n) is 4.27. The van der Waals surface area contributed by atoms with Crippen LogP contribution in [0.3, 0.4) is 0 Å². The van der Waals surface area contributed by atoms with Gasteiger partial charge in [-0.25, -0.2) is 9.99 Å². The van der Waals surface area contributed by atoms with E-state index in [4.69, 9.17) is 10.1 Å². The second-order valence-corrected chi connectivity index (χ2v) is 7.24. The number of hydrogen-bond acceptors (Lipinski definition) is 4. The third-order valence-corrected chi connectivity index (χ3v) is 5.52. The van der Waals surface area contributed by atoms with Crippen molar-refractivity contribution in [2.45, 2.75) is 53.6 Å². The summed E-state index contributed by atoms with van der Waals surface area (Å²) in [6.45, 7) is 10.8. The first-order valence-corrected chi connectivity index (χ1v) is 9.52. The number of pyridine rings is 1. The Labute approximate surface area is 155 Å². The Bertz CT molecular complexity index is 942. The molecule has 2 aromatic heterocycles. The molecule has 0 saturated carbocycles. The molecule has 0 radical (unpaired) electrons. The van der Waals surface area contributed by atoms with Gasteiger partial charge in [0.15, 0.2) is 0 Å². The van der Waals surface area contributed by atoms with Gasteiger partial charge >= 0.3 is 0 Å². The van der Waals surface area contributed by atoms with Crippen LogP contribution in [0.4, 0.5) is 0 Å². The second kappa shape index (κ2) is 6.31. The summed E-state index contributed by atoms with van der Waals surface area (Å²) in [5, 5.41) is 10.8. The van der Waals surface area contributed by atoms with Gasteiger partial charge in [0.1, 0.15) is 17.5 Å². The average molecular weight is 349 g/mol. The lowest BCUT2D eigenvalue weighted by Gasteiger charge is -2.33. The maximum Gasteiger partial charge on any atom is 0.143 e. The normalized spacial score (nSPS) is 19.8. The van der Waals surface area contributed by atoms with Gasteiger partial charge in [-0.15, -0.1) is 0 Å². The molecule has 2 aliphatic heterocycles. The summed E-state index contributed by atoms with van der Waals surface area (Å²) < 4.78 is 2.16. The Kier molecular flexibility index (Phi) is 4.10. The number of allylic oxidation sites excluding steroid dienone is 2. The highest BCUT2D eigenvalue weighted by Gasteiger charge is 2.38. The Morgan fingerprint density at radius 2 is 1.92 bits per heavy atom. The minimum Gasteiger partial charge on any atom is -0.362 e. The van der Waals surface area contributed by atoms with Crippen LogP contribution in [-0.2, 0) is 0 Å². The van der Waals surface area contributed by atoms with Gasteiger partial charge in [0.05, 0.1) is 17.1 Å². The number of hydrazone groups is 1. The van der Waals surface area contributed by atoms with Gasteiger partial charge < -0.3 is 5.32 Å². The molecule has 136 valence electrons. The van der Waals surface area contributed by atoms with E-state index >= 15 is 0 Å². The number of fused-ring (bicyclic) bond motifs is 2. The molecule has 5 heteroatoms. The van der Waals surface area contributed by atoms with E-state index in [0.29, 0.717) is 5.92 Å². The van der Waals surface area contributed by atoms with Crippen LogP contribution in [0, 0.1) is 12.8 Å². The summed E-state index contributed by atoms with van der Waals surface area (Å²) in [4.78, 5) is 4.75. The first kappa shape index (κ1) is 16.9. The highest BCUT2D eigenvalue weighted by molar-refractivity contribution is 5.95. The highest BCUT2D eigenvalue weighted by atomic mass is 15.6. The van der Waals surface area contributed by atoms with E-state index in [9.17, 15) is 0 Å². The zero-order chi connectivity index (χ0) is 18.4. The first-order chi connectivity index (χ1) is 12.5. The van der Waals surface area contributed by atoms with Crippen molar-refractivity contribution in [2.24, 2.45) is 11.0 Å². The van der Waals surface area contributed by atoms with Gasteiger partial charge in [0.2, 0.25) is 0 Å². The first-order valence-electron chi connectivity index (χ1n) is 9.52. The van der Waals surface area contributed by atoms with Crippen molar-refractivity contribution in [1.29, 1.82) is 0 Å². The van der Waals surface area contributed by atoms with Crippen molar-refractivity contribution in [2.75, 3.05) is 0 Å². The van der Waals surface area contributed by atoms with Gasteiger partial charge in [-0.3, -0.25) is 4.40 Å². The Hall–Kier alpha value is -2.56. The van der Waals surface area contributed by atoms with Gasteiger partial charge in [-0.1, -0.05) is 19.9 Å². The molecule has 0 saturated heterocycles. The van der Waals surface area contributed by atoms with Gasteiger partial charge in [0, 0.05) is 11.9 Å². The molecule has 26 heavy (non-hydrogen) atoms. The van der Waals surface area contributed by atoms with E-state index in [1.807, 2.05) is 18.2 Å². The maximum absolute atomic E-state index is 4.89. The van der Waals surface area contributed by atoms with E-state index in [0.717, 1.165) is 47.0 Å². The Balaban J connectivity index is 1.84. The Morgan fingerprint density at radius 3 is 2.65 bits per heavy atom. The predicted octanol–water partition coefficient (Wildman–Crippen LogP) is 4.31. The van der Waals surface area contributed by atoms with E-state index < -0.39 is 0 Å². The van der Waals surface area contributed by atoms with Crippen molar-refractivity contribution < 1.29 is 0 Å². The summed E-state index contributed by atoms with van der Waals surface area (Å²) in [5.41, 5.74) is 7.89. The number of rotatable bonds is 4. The van der Waals surface area contributed by atoms with Crippen LogP contribution >= 0.6 is 0 Å². The van der Waals surface area contributed by atoms with Crippen LogP contribution in [0.15, 0.2) is 46.8 Å². The molecular formula is C21H27N5. The summed E-state index contributed by atoms with van der Waals surface area (Å²) in [7, 11) is 0. The molecule has 4 rings (SSSR count). The maximum atomic E-state index is 4.89. The number of aryl methyl sites for hydroxylation is 1. The van der Waals surface area contributed by atoms with Crippen molar-refractivity contribution in [3.05, 3.63) is 53.1 Å². The fourth-order valence-corrected chi connectivity index (χ4v) is 4.27. The standard InChI is InChI=1S/C21H27N5/c1-6-16(7-2)17-12-13(3)24-26-20(15(5)23-21(17)26)19-14(4)22-18-10-8-9-11-25(18)19/h8-12,16,21,23H,6-7H2,1-5H3. The van der Waals surface area contributed by atoms with Gasteiger partial charge in [-0.2, -0.15) is 5.10 Å². The zero-order valence-electron chi connectivity index (χ0n) is 16.2. The van der Waals surface area contributed by atoms with E-state index in [2.05, 4.69) is 61.6 Å². The molecule has 1 unspecified atom stereocenters. The average Bonchev–Trinajstić information content (AvgIpc) is 3.11. The third kappa shape index (κ3) is 2.45. The fraction of sp³-hybridized carbons (Fsp3) is 0.429. The van der Waals surface area contributed by atoms with Crippen LogP contribution < -0.4 is 5.32 Å². The Morgan fingerprint density at radius 1 is 1.15 bits per heavy atom. The van der Waals surface area contributed by atoms with E-state index in [-0.39, 0.29) is 6.17 Å². The van der Waals surface area contributed by atoms with Crippen LogP contribution in [0.1, 0.15) is 51.9 Å². The largest absolute Gasteiger partial charge is 0.362 e. The van der Waals surface area contributed by atoms with E-state index in [1.165, 1.54) is 5.57 Å². The molecule has 2 aromatic rings. The lowest BCUT2D eigenvalue weighted by Crippen LogP contribution is -2.41. The van der Waals surface area contributed by atoms with Crippen molar-refractivity contribution in [3.63, 3.8) is 0 Å². The van der Waals surface area contributed by atoms with Crippen LogP contribution in [0.5, 0.6) is 0 Å². The molecule has 0 spiro atoms. The molecule has 1 atom stereocenters. The summed E-state index contributed by atoms with van der Waals surface area (Å²) in [6, 6.07) is 6.12. The number of hydrogen-bond donors (Lipinski definition) is 1. The molecule has 4 heterocycles. The molecule has 0 bridgehead atoms. The molecule has 1 N–H and O–H groups in total. The third-order valence-electron chi connectivity index (χ3n) is 5.52. The summed E-state index contributed by atoms with van der Waals surface area (Å²) >= 11 is 0. The van der Waals surface area contributed by atoms with Crippen molar-refractivity contribution in [1.82, 2.24) is 19.7 Å². The van der Waals surface area contributed by atoms with Crippen LogP contribution in [0.25, 0.3) is 11.3 Å². The minimum atomic E-state index is 0.104. The summed E-state index contributed by atoms with van der Waals surface area (Å²) in [5.74, 6) is 0.566. The quantitative estimate of drug-likeness (QED) is 0.894. The van der Waals surface area contributed by atoms with Crippen LogP contribution in [0.2, 0.25) is 0 Å². The number of imidazole rings is 1. The lowest BCUT2D eigenvalue weighted by molar-refractivity contribution is 0.308. The van der Waals surface area contributed by atoms with Crippen molar-refractivity contribution in [3.8, 4) is 0 Å². The van der Waals surface area contributed by atoms with Gasteiger partial charge in [-0.05, 0) is 63.3 Å². The molecular weight excluding hydrogens is 322 g/mol. The second-order valence-electron chi connectivity index (χ2n) is 7.24. The molecule has 5 nitrogen and oxygen atoms in total. The highest BCUT2D eigenvalue weighted by Crippen LogP contribution is 2.38. The zero-order valence-corrected chi connectivity index (χ0v) is 16.2. The number of nitrogens with zero attached hydrogens (tertiary/aromatic N) is 4. The minimum absolute atomic E-state index is 0.104. The summed E-state index contributed by atoms with van der Waals surface area (Å²) in [6.07, 6.45) is 6.74.